The summed E-state index contributed by atoms with van der Waals surface area (Å²) in [5, 5.41) is 34.0. The van der Waals surface area contributed by atoms with E-state index in [0.717, 1.165) is 17.7 Å². The third kappa shape index (κ3) is 5.38. The topological polar surface area (TPSA) is 139 Å². The Kier molecular flexibility index (Phi) is 6.86. The molecule has 1 aliphatic rings. The molecule has 2 rings (SSSR count). The number of phenols is 2. The third-order valence-corrected chi connectivity index (χ3v) is 4.25. The Morgan fingerprint density at radius 1 is 1.21 bits per heavy atom. The zero-order valence-corrected chi connectivity index (χ0v) is 15.9. The average molecular weight is 391 g/mol. The fraction of sp³-hybridized carbons (Fsp3) is 0.421. The number of aromatic carboxylic acids is 1. The zero-order valence-electron chi connectivity index (χ0n) is 15.9. The number of nitrogens with one attached hydrogen (secondary N) is 2. The molecule has 3 amide bonds. The van der Waals surface area contributed by atoms with Crippen LogP contribution >= 0.6 is 0 Å². The molecular weight excluding hydrogens is 366 g/mol. The van der Waals surface area contributed by atoms with Gasteiger partial charge in [-0.25, -0.2) is 9.59 Å². The second kappa shape index (κ2) is 9.12. The summed E-state index contributed by atoms with van der Waals surface area (Å²) in [6, 6.07) is 2.03. The van der Waals surface area contributed by atoms with Crippen molar-refractivity contribution in [3.05, 3.63) is 29.3 Å². The summed E-state index contributed by atoms with van der Waals surface area (Å²) >= 11 is 0. The molecule has 9 heteroatoms. The Balaban J connectivity index is 1.94. The molecule has 5 N–H and O–H groups in total. The van der Waals surface area contributed by atoms with Crippen LogP contribution in [-0.2, 0) is 4.79 Å². The van der Waals surface area contributed by atoms with E-state index in [9.17, 15) is 24.6 Å². The largest absolute Gasteiger partial charge is 0.506 e. The first-order valence-electron chi connectivity index (χ1n) is 9.00. The van der Waals surface area contributed by atoms with Crippen molar-refractivity contribution in [2.45, 2.75) is 39.2 Å². The standard InChI is InChI=1S/C19H25N3O6/c1-11(2)20-19(28)22-9-3-4-12(10-22)5-8-15(24)21-16-14(23)7-6-13(17(16)25)18(26)27/h4,6-7,11,23,25H,3,5,8-10H2,1-2H3,(H,20,28)(H,21,24)(H,26,27). The predicted octanol–water partition coefficient (Wildman–Crippen LogP) is 2.26. The number of anilines is 1. The number of carboxylic acid groups (broad SMARTS) is 1. The molecule has 1 aromatic carbocycles. The molecule has 152 valence electrons. The lowest BCUT2D eigenvalue weighted by Crippen LogP contribution is -2.45. The van der Waals surface area contributed by atoms with Crippen LogP contribution < -0.4 is 10.6 Å². The Morgan fingerprint density at radius 3 is 2.57 bits per heavy atom. The molecule has 1 aliphatic heterocycles. The van der Waals surface area contributed by atoms with E-state index in [-0.39, 0.29) is 24.2 Å². The molecule has 0 saturated carbocycles. The van der Waals surface area contributed by atoms with Gasteiger partial charge < -0.3 is 30.9 Å². The molecule has 0 unspecified atom stereocenters. The normalized spacial score (nSPS) is 13.8. The quantitative estimate of drug-likeness (QED) is 0.372. The number of hydrogen-bond acceptors (Lipinski definition) is 5. The van der Waals surface area contributed by atoms with Crippen LogP contribution in [0.3, 0.4) is 0 Å². The summed E-state index contributed by atoms with van der Waals surface area (Å²) < 4.78 is 0. The van der Waals surface area contributed by atoms with E-state index in [4.69, 9.17) is 5.11 Å². The molecule has 1 aromatic rings. The predicted molar refractivity (Wildman–Crippen MR) is 103 cm³/mol. The summed E-state index contributed by atoms with van der Waals surface area (Å²) in [5.41, 5.74) is 0.184. The molecule has 0 atom stereocenters. The maximum Gasteiger partial charge on any atom is 0.339 e. The van der Waals surface area contributed by atoms with E-state index in [2.05, 4.69) is 10.6 Å². The Labute approximate surface area is 162 Å². The number of hydrogen-bond donors (Lipinski definition) is 5. The van der Waals surface area contributed by atoms with Gasteiger partial charge in [0.05, 0.1) is 0 Å². The second-order valence-electron chi connectivity index (χ2n) is 6.89. The minimum Gasteiger partial charge on any atom is -0.506 e. The Hall–Kier alpha value is -3.23. The summed E-state index contributed by atoms with van der Waals surface area (Å²) in [6.07, 6.45) is 3.15. The molecule has 28 heavy (non-hydrogen) atoms. The van der Waals surface area contributed by atoms with E-state index in [1.54, 1.807) is 4.90 Å². The van der Waals surface area contributed by atoms with Gasteiger partial charge >= 0.3 is 12.0 Å². The maximum atomic E-state index is 12.2. The number of carboxylic acids is 1. The number of phenolic OH excluding ortho intramolecular Hbond substituents is 1. The van der Waals surface area contributed by atoms with Crippen molar-refractivity contribution in [3.8, 4) is 11.5 Å². The lowest BCUT2D eigenvalue weighted by Gasteiger charge is -2.28. The zero-order chi connectivity index (χ0) is 20.8. The van der Waals surface area contributed by atoms with Crippen LogP contribution in [0.1, 0.15) is 43.5 Å². The molecule has 0 aromatic heterocycles. The van der Waals surface area contributed by atoms with Crippen molar-refractivity contribution in [2.75, 3.05) is 18.4 Å². The van der Waals surface area contributed by atoms with Crippen LogP contribution in [0.4, 0.5) is 10.5 Å². The number of nitrogens with zero attached hydrogens (tertiary/aromatic N) is 1. The van der Waals surface area contributed by atoms with Gasteiger partial charge in [0, 0.05) is 25.6 Å². The smallest absolute Gasteiger partial charge is 0.339 e. The maximum absolute atomic E-state index is 12.2. The van der Waals surface area contributed by atoms with Gasteiger partial charge in [-0.2, -0.15) is 0 Å². The van der Waals surface area contributed by atoms with Crippen molar-refractivity contribution in [1.29, 1.82) is 0 Å². The summed E-state index contributed by atoms with van der Waals surface area (Å²) in [7, 11) is 0. The lowest BCUT2D eigenvalue weighted by molar-refractivity contribution is -0.116. The van der Waals surface area contributed by atoms with E-state index >= 15 is 0 Å². The Morgan fingerprint density at radius 2 is 1.93 bits per heavy atom. The number of amides is 3. The Bertz CT molecular complexity index is 803. The van der Waals surface area contributed by atoms with E-state index in [0.29, 0.717) is 25.9 Å². The third-order valence-electron chi connectivity index (χ3n) is 4.25. The number of carbonyl (C=O) groups is 3. The molecule has 9 nitrogen and oxygen atoms in total. The van der Waals surface area contributed by atoms with Crippen LogP contribution in [0.25, 0.3) is 0 Å². The minimum absolute atomic E-state index is 0.0366. The average Bonchev–Trinajstić information content (AvgIpc) is 2.62. The van der Waals surface area contributed by atoms with Crippen LogP contribution in [0.2, 0.25) is 0 Å². The first-order chi connectivity index (χ1) is 13.2. The second-order valence-corrected chi connectivity index (χ2v) is 6.89. The van der Waals surface area contributed by atoms with Crippen molar-refractivity contribution in [3.63, 3.8) is 0 Å². The van der Waals surface area contributed by atoms with Gasteiger partial charge in [-0.15, -0.1) is 0 Å². The first-order valence-corrected chi connectivity index (χ1v) is 9.00. The van der Waals surface area contributed by atoms with Crippen molar-refractivity contribution >= 4 is 23.6 Å². The molecule has 0 spiro atoms. The highest BCUT2D eigenvalue weighted by Gasteiger charge is 2.21. The lowest BCUT2D eigenvalue weighted by atomic mass is 10.0. The monoisotopic (exact) mass is 391 g/mol. The summed E-state index contributed by atoms with van der Waals surface area (Å²) in [4.78, 5) is 37.0. The number of urea groups is 1. The molecule has 0 radical (unpaired) electrons. The molecule has 0 fully saturated rings. The highest BCUT2D eigenvalue weighted by atomic mass is 16.4. The van der Waals surface area contributed by atoms with Crippen molar-refractivity contribution in [2.24, 2.45) is 0 Å². The van der Waals surface area contributed by atoms with Crippen LogP contribution in [0.15, 0.2) is 23.8 Å². The van der Waals surface area contributed by atoms with Crippen molar-refractivity contribution in [1.82, 2.24) is 10.2 Å². The minimum atomic E-state index is -1.37. The number of rotatable bonds is 6. The van der Waals surface area contributed by atoms with Gasteiger partial charge in [0.25, 0.3) is 0 Å². The van der Waals surface area contributed by atoms with Crippen LogP contribution in [0, 0.1) is 0 Å². The van der Waals surface area contributed by atoms with Gasteiger partial charge in [-0.1, -0.05) is 11.6 Å². The van der Waals surface area contributed by atoms with Crippen LogP contribution in [0.5, 0.6) is 11.5 Å². The molecule has 0 aliphatic carbocycles. The van der Waals surface area contributed by atoms with Gasteiger partial charge in [-0.05, 0) is 38.8 Å². The molecule has 0 bridgehead atoms. The van der Waals surface area contributed by atoms with Gasteiger partial charge in [0.15, 0.2) is 5.75 Å². The molecular formula is C19H25N3O6. The van der Waals surface area contributed by atoms with E-state index in [1.807, 2.05) is 19.9 Å². The molecule has 0 saturated heterocycles. The SMILES string of the molecule is CC(C)NC(=O)N1CCC=C(CCC(=O)Nc2c(O)ccc(C(=O)O)c2O)C1. The van der Waals surface area contributed by atoms with Crippen molar-refractivity contribution < 1.29 is 29.7 Å². The summed E-state index contributed by atoms with van der Waals surface area (Å²) in [6.45, 7) is 4.80. The fourth-order valence-corrected chi connectivity index (χ4v) is 2.86. The summed E-state index contributed by atoms with van der Waals surface area (Å²) in [5.74, 6) is -2.99. The first kappa shape index (κ1) is 21.1. The highest BCUT2D eigenvalue weighted by molar-refractivity contribution is 5.99. The number of benzene rings is 1. The van der Waals surface area contributed by atoms with Crippen LogP contribution in [-0.4, -0.2) is 57.3 Å². The number of carbonyl (C=O) groups excluding carboxylic acids is 2. The highest BCUT2D eigenvalue weighted by Crippen LogP contribution is 2.36. The van der Waals surface area contributed by atoms with E-state index < -0.39 is 28.9 Å². The number of aromatic hydroxyl groups is 2. The molecule has 1 heterocycles. The van der Waals surface area contributed by atoms with Gasteiger partial charge in [0.1, 0.15) is 17.0 Å². The fourth-order valence-electron chi connectivity index (χ4n) is 2.86. The van der Waals surface area contributed by atoms with Gasteiger partial charge in [0.2, 0.25) is 5.91 Å². The van der Waals surface area contributed by atoms with Gasteiger partial charge in [-0.3, -0.25) is 4.79 Å². The van der Waals surface area contributed by atoms with E-state index in [1.165, 1.54) is 0 Å².